The van der Waals surface area contributed by atoms with Gasteiger partial charge in [-0.25, -0.2) is 19.6 Å². The van der Waals surface area contributed by atoms with Gasteiger partial charge in [0, 0.05) is 5.92 Å². The van der Waals surface area contributed by atoms with Crippen LogP contribution in [0, 0.1) is 34.5 Å². The lowest BCUT2D eigenvalue weighted by atomic mass is 9.68. The molecule has 0 spiro atoms. The molecule has 38 heavy (non-hydrogen) atoms. The molecule has 0 bridgehead atoms. The number of hydrogen-bond acceptors (Lipinski definition) is 7. The predicted molar refractivity (Wildman–Crippen MR) is 142 cm³/mol. The van der Waals surface area contributed by atoms with E-state index < -0.39 is 29.5 Å². The second kappa shape index (κ2) is 11.4. The van der Waals surface area contributed by atoms with Crippen LogP contribution in [-0.4, -0.2) is 37.7 Å². The van der Waals surface area contributed by atoms with Gasteiger partial charge in [0.2, 0.25) is 0 Å². The molecule has 208 valence electrons. The van der Waals surface area contributed by atoms with Gasteiger partial charge in [-0.2, -0.15) is 0 Å². The van der Waals surface area contributed by atoms with E-state index in [1.165, 1.54) is 7.11 Å². The van der Waals surface area contributed by atoms with Crippen molar-refractivity contribution < 1.29 is 33.9 Å². The van der Waals surface area contributed by atoms with Gasteiger partial charge in [-0.05, 0) is 73.0 Å². The molecule has 3 aliphatic rings. The number of ether oxygens (including phenoxy) is 1. The zero-order valence-electron chi connectivity index (χ0n) is 23.5. The number of allylic oxidation sites excluding steroid dienone is 2. The third kappa shape index (κ3) is 5.14. The molecule has 7 nitrogen and oxygen atoms in total. The molecule has 1 aromatic rings. The summed E-state index contributed by atoms with van der Waals surface area (Å²) in [5, 5.41) is 0. The molecule has 2 fully saturated rings. The fourth-order valence-corrected chi connectivity index (χ4v) is 6.85. The van der Waals surface area contributed by atoms with Crippen LogP contribution in [-0.2, 0) is 40.5 Å². The fraction of sp³-hybridized carbons (Fsp3) is 0.613. The molecule has 1 aromatic carbocycles. The smallest absolute Gasteiger partial charge is 0.320 e. The minimum Gasteiger partial charge on any atom is -0.468 e. The summed E-state index contributed by atoms with van der Waals surface area (Å²) in [6, 6.07) is 9.68. The molecule has 3 aliphatic carbocycles. The summed E-state index contributed by atoms with van der Waals surface area (Å²) in [4.78, 5) is 51.3. The van der Waals surface area contributed by atoms with Crippen LogP contribution in [0.4, 0.5) is 0 Å². The van der Waals surface area contributed by atoms with Gasteiger partial charge in [0.1, 0.15) is 24.2 Å². The minimum absolute atomic E-state index is 0.0784. The zero-order valence-corrected chi connectivity index (χ0v) is 23.5. The normalized spacial score (nSPS) is 35.9. The predicted octanol–water partition coefficient (Wildman–Crippen LogP) is 5.79. The first-order valence-electron chi connectivity index (χ1n) is 13.7. The molecule has 0 heterocycles. The Balaban J connectivity index is 1.77. The van der Waals surface area contributed by atoms with E-state index in [4.69, 9.17) is 24.3 Å². The second-order valence-electron chi connectivity index (χ2n) is 11.7. The van der Waals surface area contributed by atoms with Crippen LogP contribution in [0.2, 0.25) is 0 Å². The number of benzene rings is 1. The minimum atomic E-state index is -1.53. The molecule has 7 heteroatoms. The van der Waals surface area contributed by atoms with E-state index in [1.54, 1.807) is 0 Å². The topological polar surface area (TPSA) is 80.3 Å². The van der Waals surface area contributed by atoms with E-state index in [0.29, 0.717) is 24.5 Å². The highest BCUT2D eigenvalue weighted by atomic mass is 17.2. The standard InChI is InChI=1S/C31H42O7/c1-8-35-37-26-19(2)14-15-23-24(30(23,5)6)16-20(3)28(32)31(29(33)34-7)17-21(4)27(25(26)31)38-36-18-22-12-10-9-11-13-22/h9-13,16,21,23-27H,2,8,14-15,17-18H2,1,3-7H3/b20-16+/t21-,23-,24+,25-,26-,27-,31+/m0/s1. The number of methoxy groups -OCH3 is 1. The summed E-state index contributed by atoms with van der Waals surface area (Å²) in [6.07, 6.45) is 2.49. The summed E-state index contributed by atoms with van der Waals surface area (Å²) < 4.78 is 5.34. The average Bonchev–Trinajstić information content (AvgIpc) is 3.28. The quantitative estimate of drug-likeness (QED) is 0.139. The Bertz CT molecular complexity index is 1060. The molecule has 4 rings (SSSR count). The molecule has 0 aliphatic heterocycles. The lowest BCUT2D eigenvalue weighted by Crippen LogP contribution is -2.52. The molecule has 0 N–H and O–H groups in total. The highest BCUT2D eigenvalue weighted by molar-refractivity contribution is 6.12. The number of ketones is 1. The Labute approximate surface area is 226 Å². The van der Waals surface area contributed by atoms with Crippen LogP contribution in [0.5, 0.6) is 0 Å². The van der Waals surface area contributed by atoms with Crippen molar-refractivity contribution in [1.29, 1.82) is 0 Å². The van der Waals surface area contributed by atoms with Crippen molar-refractivity contribution in [1.82, 2.24) is 0 Å². The highest BCUT2D eigenvalue weighted by Gasteiger charge is 2.67. The number of esters is 1. The van der Waals surface area contributed by atoms with E-state index >= 15 is 0 Å². The number of rotatable bonds is 8. The molecule has 7 atom stereocenters. The Morgan fingerprint density at radius 1 is 1.13 bits per heavy atom. The largest absolute Gasteiger partial charge is 0.468 e. The molecule has 0 aromatic heterocycles. The van der Waals surface area contributed by atoms with Gasteiger partial charge in [0.05, 0.1) is 13.7 Å². The van der Waals surface area contributed by atoms with Gasteiger partial charge in [-0.1, -0.05) is 63.8 Å². The molecular weight excluding hydrogens is 484 g/mol. The van der Waals surface area contributed by atoms with Gasteiger partial charge in [0.25, 0.3) is 0 Å². The molecule has 2 saturated carbocycles. The van der Waals surface area contributed by atoms with Crippen LogP contribution in [0.25, 0.3) is 0 Å². The number of carbonyl (C=O) groups is 2. The SMILES string of the molecule is C=C1CC[C@H]2[C@@H](/C=C(\C)C(=O)[C@@]3(C(=O)OC)C[C@H](C)[C@H](OOCc4ccccc4)[C@@H]3[C@H]1OOCC)C2(C)C. The fourth-order valence-electron chi connectivity index (χ4n) is 6.85. The maximum atomic E-state index is 14.4. The lowest BCUT2D eigenvalue weighted by Gasteiger charge is -2.38. The van der Waals surface area contributed by atoms with Crippen molar-refractivity contribution in [3.05, 3.63) is 59.7 Å². The monoisotopic (exact) mass is 526 g/mol. The van der Waals surface area contributed by atoms with Crippen LogP contribution in [0.3, 0.4) is 0 Å². The van der Waals surface area contributed by atoms with Gasteiger partial charge >= 0.3 is 5.97 Å². The third-order valence-corrected chi connectivity index (χ3v) is 9.05. The van der Waals surface area contributed by atoms with Crippen molar-refractivity contribution in [2.24, 2.45) is 34.5 Å². The van der Waals surface area contributed by atoms with Crippen LogP contribution >= 0.6 is 0 Å². The summed E-state index contributed by atoms with van der Waals surface area (Å²) in [6.45, 7) is 15.0. The maximum Gasteiger partial charge on any atom is 0.320 e. The summed E-state index contributed by atoms with van der Waals surface area (Å²) in [5.74, 6) is -1.13. The van der Waals surface area contributed by atoms with Crippen LogP contribution in [0.1, 0.15) is 59.4 Å². The van der Waals surface area contributed by atoms with E-state index in [-0.39, 0.29) is 36.1 Å². The summed E-state index contributed by atoms with van der Waals surface area (Å²) in [7, 11) is 1.32. The first kappa shape index (κ1) is 28.7. The van der Waals surface area contributed by atoms with Crippen molar-refractivity contribution in [3.63, 3.8) is 0 Å². The van der Waals surface area contributed by atoms with Crippen molar-refractivity contribution in [2.45, 2.75) is 72.7 Å². The third-order valence-electron chi connectivity index (χ3n) is 9.05. The van der Waals surface area contributed by atoms with E-state index in [2.05, 4.69) is 26.5 Å². The van der Waals surface area contributed by atoms with Crippen molar-refractivity contribution in [3.8, 4) is 0 Å². The van der Waals surface area contributed by atoms with E-state index in [9.17, 15) is 9.59 Å². The van der Waals surface area contributed by atoms with Crippen LogP contribution < -0.4 is 0 Å². The number of Topliss-reactive ketones (excluding diaryl/α,β-unsaturated/α-hetero) is 1. The van der Waals surface area contributed by atoms with Crippen LogP contribution in [0.15, 0.2) is 54.1 Å². The molecular formula is C31H42O7. The summed E-state index contributed by atoms with van der Waals surface area (Å²) in [5.41, 5.74) is 0.842. The molecule has 0 amide bonds. The first-order valence-corrected chi connectivity index (χ1v) is 13.7. The average molecular weight is 527 g/mol. The van der Waals surface area contributed by atoms with Crippen molar-refractivity contribution >= 4 is 11.8 Å². The summed E-state index contributed by atoms with van der Waals surface area (Å²) >= 11 is 0. The van der Waals surface area contributed by atoms with Gasteiger partial charge in [-0.3, -0.25) is 9.59 Å². The van der Waals surface area contributed by atoms with Gasteiger partial charge < -0.3 is 4.74 Å². The Morgan fingerprint density at radius 2 is 1.84 bits per heavy atom. The highest BCUT2D eigenvalue weighted by Crippen LogP contribution is 2.63. The van der Waals surface area contributed by atoms with E-state index in [0.717, 1.165) is 17.6 Å². The lowest BCUT2D eigenvalue weighted by molar-refractivity contribution is -0.370. The molecule has 0 unspecified atom stereocenters. The maximum absolute atomic E-state index is 14.4. The molecule has 0 radical (unpaired) electrons. The van der Waals surface area contributed by atoms with E-state index in [1.807, 2.05) is 51.1 Å². The zero-order chi connectivity index (χ0) is 27.7. The number of hydrogen-bond donors (Lipinski definition) is 0. The van der Waals surface area contributed by atoms with Crippen molar-refractivity contribution in [2.75, 3.05) is 13.7 Å². The van der Waals surface area contributed by atoms with Gasteiger partial charge in [-0.15, -0.1) is 0 Å². The molecule has 0 saturated heterocycles. The second-order valence-corrected chi connectivity index (χ2v) is 11.7. The van der Waals surface area contributed by atoms with Gasteiger partial charge in [0.15, 0.2) is 5.78 Å². The Kier molecular flexibility index (Phi) is 8.62. The Morgan fingerprint density at radius 3 is 2.50 bits per heavy atom. The Hall–Kier alpha value is -2.32. The number of carbonyl (C=O) groups excluding carboxylic acids is 2. The number of fused-ring (bicyclic) bond motifs is 2. The first-order chi connectivity index (χ1) is 18.1.